The standard InChI is InChI=1S/C22H21N3O/c1-16-14-18(17-8-3-2-4-9-17)15-20(24-16)21-11-7-13-25(21)22(26)19-10-5-6-12-23-19/h2-6,8-10,12,14-15,21H,7,11,13H2,1H3/t21-/m0/s1. The topological polar surface area (TPSA) is 46.1 Å². The molecule has 0 bridgehead atoms. The molecule has 0 aliphatic carbocycles. The number of benzene rings is 1. The normalized spacial score (nSPS) is 16.7. The van der Waals surface area contributed by atoms with E-state index < -0.39 is 0 Å². The number of rotatable bonds is 3. The van der Waals surface area contributed by atoms with Gasteiger partial charge in [0.2, 0.25) is 0 Å². The summed E-state index contributed by atoms with van der Waals surface area (Å²) in [7, 11) is 0. The van der Waals surface area contributed by atoms with Crippen molar-refractivity contribution in [2.24, 2.45) is 0 Å². The van der Waals surface area contributed by atoms with E-state index in [4.69, 9.17) is 4.98 Å². The Morgan fingerprint density at radius 3 is 2.62 bits per heavy atom. The Hall–Kier alpha value is -3.01. The summed E-state index contributed by atoms with van der Waals surface area (Å²) < 4.78 is 0. The monoisotopic (exact) mass is 343 g/mol. The van der Waals surface area contributed by atoms with E-state index in [0.29, 0.717) is 5.69 Å². The highest BCUT2D eigenvalue weighted by Crippen LogP contribution is 2.34. The third kappa shape index (κ3) is 3.23. The average Bonchev–Trinajstić information content (AvgIpc) is 3.18. The molecule has 3 aromatic rings. The highest BCUT2D eigenvalue weighted by atomic mass is 16.2. The maximum absolute atomic E-state index is 12.9. The third-order valence-corrected chi connectivity index (χ3v) is 4.82. The molecule has 1 aliphatic rings. The second-order valence-electron chi connectivity index (χ2n) is 6.66. The summed E-state index contributed by atoms with van der Waals surface area (Å²) in [5, 5.41) is 0. The van der Waals surface area contributed by atoms with Crippen molar-refractivity contribution < 1.29 is 4.79 Å². The lowest BCUT2D eigenvalue weighted by molar-refractivity contribution is 0.0727. The van der Waals surface area contributed by atoms with Crippen LogP contribution in [0.1, 0.15) is 40.8 Å². The third-order valence-electron chi connectivity index (χ3n) is 4.82. The van der Waals surface area contributed by atoms with Crippen molar-refractivity contribution in [2.75, 3.05) is 6.54 Å². The van der Waals surface area contributed by atoms with Gasteiger partial charge in [-0.2, -0.15) is 0 Å². The Morgan fingerprint density at radius 2 is 1.85 bits per heavy atom. The van der Waals surface area contributed by atoms with Crippen molar-refractivity contribution >= 4 is 5.91 Å². The zero-order valence-corrected chi connectivity index (χ0v) is 14.8. The van der Waals surface area contributed by atoms with Gasteiger partial charge in [0.1, 0.15) is 5.69 Å². The van der Waals surface area contributed by atoms with E-state index in [1.165, 1.54) is 5.56 Å². The van der Waals surface area contributed by atoms with Crippen LogP contribution in [0.5, 0.6) is 0 Å². The van der Waals surface area contributed by atoms with Crippen molar-refractivity contribution in [1.82, 2.24) is 14.9 Å². The van der Waals surface area contributed by atoms with Crippen LogP contribution >= 0.6 is 0 Å². The number of aromatic nitrogens is 2. The summed E-state index contributed by atoms with van der Waals surface area (Å²) in [5.74, 6) is -0.0160. The largest absolute Gasteiger partial charge is 0.329 e. The molecule has 1 aromatic carbocycles. The molecule has 1 saturated heterocycles. The fourth-order valence-electron chi connectivity index (χ4n) is 3.62. The number of likely N-dealkylation sites (tertiary alicyclic amines) is 1. The van der Waals surface area contributed by atoms with Crippen molar-refractivity contribution in [3.63, 3.8) is 0 Å². The van der Waals surface area contributed by atoms with Crippen LogP contribution in [0.2, 0.25) is 0 Å². The Bertz CT molecular complexity index is 909. The molecular formula is C22H21N3O. The maximum atomic E-state index is 12.9. The van der Waals surface area contributed by atoms with Gasteiger partial charge in [-0.1, -0.05) is 36.4 Å². The summed E-state index contributed by atoms with van der Waals surface area (Å²) in [4.78, 5) is 23.8. The Balaban J connectivity index is 1.68. The summed E-state index contributed by atoms with van der Waals surface area (Å²) in [6.07, 6.45) is 3.58. The second kappa shape index (κ2) is 7.08. The van der Waals surface area contributed by atoms with Gasteiger partial charge in [0.05, 0.1) is 11.7 Å². The molecule has 0 saturated carbocycles. The molecule has 1 amide bonds. The highest BCUT2D eigenvalue weighted by molar-refractivity contribution is 5.92. The first kappa shape index (κ1) is 16.5. The summed E-state index contributed by atoms with van der Waals surface area (Å²) in [6, 6.07) is 20.0. The molecule has 4 nitrogen and oxygen atoms in total. The van der Waals surface area contributed by atoms with Crippen LogP contribution in [0.25, 0.3) is 11.1 Å². The van der Waals surface area contributed by atoms with Crippen LogP contribution in [0, 0.1) is 6.92 Å². The van der Waals surface area contributed by atoms with Gasteiger partial charge < -0.3 is 4.90 Å². The predicted octanol–water partition coefficient (Wildman–Crippen LogP) is 4.43. The lowest BCUT2D eigenvalue weighted by atomic mass is 10.0. The van der Waals surface area contributed by atoms with E-state index in [9.17, 15) is 4.79 Å². The number of aryl methyl sites for hydroxylation is 1. The second-order valence-corrected chi connectivity index (χ2v) is 6.66. The van der Waals surface area contributed by atoms with Crippen LogP contribution in [0.3, 0.4) is 0 Å². The smallest absolute Gasteiger partial charge is 0.273 e. The first-order valence-electron chi connectivity index (χ1n) is 8.98. The van der Waals surface area contributed by atoms with E-state index in [-0.39, 0.29) is 11.9 Å². The van der Waals surface area contributed by atoms with Gasteiger partial charge in [-0.15, -0.1) is 0 Å². The molecular weight excluding hydrogens is 322 g/mol. The molecule has 4 heteroatoms. The lowest BCUT2D eigenvalue weighted by Crippen LogP contribution is -2.31. The fraction of sp³-hybridized carbons (Fsp3) is 0.227. The first-order valence-corrected chi connectivity index (χ1v) is 8.98. The summed E-state index contributed by atoms with van der Waals surface area (Å²) in [5.41, 5.74) is 4.74. The minimum absolute atomic E-state index is 0.00636. The van der Waals surface area contributed by atoms with Crippen molar-refractivity contribution in [3.05, 3.63) is 83.9 Å². The average molecular weight is 343 g/mol. The zero-order valence-electron chi connectivity index (χ0n) is 14.8. The Kier molecular flexibility index (Phi) is 4.48. The first-order chi connectivity index (χ1) is 12.7. The molecule has 3 heterocycles. The Morgan fingerprint density at radius 1 is 1.04 bits per heavy atom. The molecule has 0 spiro atoms. The number of amides is 1. The van der Waals surface area contributed by atoms with Gasteiger partial charge in [0, 0.05) is 18.4 Å². The summed E-state index contributed by atoms with van der Waals surface area (Å²) >= 11 is 0. The molecule has 1 aliphatic heterocycles. The van der Waals surface area contributed by atoms with Crippen molar-refractivity contribution in [2.45, 2.75) is 25.8 Å². The van der Waals surface area contributed by atoms with Gasteiger partial charge in [0.15, 0.2) is 0 Å². The number of carbonyl (C=O) groups is 1. The Labute approximate surface area is 153 Å². The fourth-order valence-corrected chi connectivity index (χ4v) is 3.62. The van der Waals surface area contributed by atoms with Crippen LogP contribution in [-0.4, -0.2) is 27.3 Å². The number of hydrogen-bond acceptors (Lipinski definition) is 3. The minimum Gasteiger partial charge on any atom is -0.329 e. The maximum Gasteiger partial charge on any atom is 0.273 e. The van der Waals surface area contributed by atoms with Crippen molar-refractivity contribution in [3.8, 4) is 11.1 Å². The molecule has 0 N–H and O–H groups in total. The van der Waals surface area contributed by atoms with E-state index in [1.807, 2.05) is 42.2 Å². The molecule has 2 aromatic heterocycles. The van der Waals surface area contributed by atoms with Gasteiger partial charge in [-0.25, -0.2) is 0 Å². The van der Waals surface area contributed by atoms with E-state index in [2.05, 4.69) is 29.2 Å². The van der Waals surface area contributed by atoms with Crippen LogP contribution in [0.4, 0.5) is 0 Å². The van der Waals surface area contributed by atoms with Crippen LogP contribution < -0.4 is 0 Å². The number of carbonyl (C=O) groups excluding carboxylic acids is 1. The summed E-state index contributed by atoms with van der Waals surface area (Å²) in [6.45, 7) is 2.76. The van der Waals surface area contributed by atoms with Gasteiger partial charge in [-0.3, -0.25) is 14.8 Å². The van der Waals surface area contributed by atoms with E-state index in [0.717, 1.165) is 36.3 Å². The van der Waals surface area contributed by atoms with Crippen molar-refractivity contribution in [1.29, 1.82) is 0 Å². The zero-order chi connectivity index (χ0) is 17.9. The minimum atomic E-state index is -0.0160. The number of pyridine rings is 2. The molecule has 130 valence electrons. The predicted molar refractivity (Wildman–Crippen MR) is 102 cm³/mol. The van der Waals surface area contributed by atoms with E-state index >= 15 is 0 Å². The quantitative estimate of drug-likeness (QED) is 0.707. The lowest BCUT2D eigenvalue weighted by Gasteiger charge is -2.24. The van der Waals surface area contributed by atoms with Gasteiger partial charge >= 0.3 is 0 Å². The van der Waals surface area contributed by atoms with Gasteiger partial charge in [-0.05, 0) is 55.2 Å². The van der Waals surface area contributed by atoms with Gasteiger partial charge in [0.25, 0.3) is 5.91 Å². The highest BCUT2D eigenvalue weighted by Gasteiger charge is 2.32. The van der Waals surface area contributed by atoms with E-state index in [1.54, 1.807) is 12.3 Å². The molecule has 1 atom stereocenters. The molecule has 0 unspecified atom stereocenters. The molecule has 26 heavy (non-hydrogen) atoms. The molecule has 0 radical (unpaired) electrons. The molecule has 1 fully saturated rings. The SMILES string of the molecule is Cc1cc(-c2ccccc2)cc([C@@H]2CCCN2C(=O)c2ccccn2)n1. The molecule has 4 rings (SSSR count). The van der Waals surface area contributed by atoms with Crippen LogP contribution in [0.15, 0.2) is 66.9 Å². The van der Waals surface area contributed by atoms with Crippen LogP contribution in [-0.2, 0) is 0 Å². The number of nitrogens with zero attached hydrogens (tertiary/aromatic N) is 3. The number of hydrogen-bond donors (Lipinski definition) is 0.